The maximum atomic E-state index is 6.40. The summed E-state index contributed by atoms with van der Waals surface area (Å²) in [7, 11) is 0. The molecule has 0 amide bonds. The maximum Gasteiger partial charge on any atom is 0.124 e. The second-order valence-electron chi connectivity index (χ2n) is 6.91. The highest BCUT2D eigenvalue weighted by Gasteiger charge is 2.27. The minimum atomic E-state index is 0.122. The summed E-state index contributed by atoms with van der Waals surface area (Å²) in [6.45, 7) is 6.64. The molecular weight excluding hydrogens is 356 g/mol. The fourth-order valence-electron chi connectivity index (χ4n) is 3.93. The summed E-state index contributed by atoms with van der Waals surface area (Å²) in [4.78, 5) is 2.52. The molecule has 0 spiro atoms. The lowest BCUT2D eigenvalue weighted by Crippen LogP contribution is -2.45. The van der Waals surface area contributed by atoms with Crippen LogP contribution in [-0.2, 0) is 0 Å². The van der Waals surface area contributed by atoms with Crippen LogP contribution in [0, 0.1) is 0 Å². The van der Waals surface area contributed by atoms with Gasteiger partial charge in [0, 0.05) is 36.8 Å². The first-order valence-corrected chi connectivity index (χ1v) is 10.00. The number of benzene rings is 3. The van der Waals surface area contributed by atoms with Crippen molar-refractivity contribution in [3.05, 3.63) is 76.8 Å². The molecule has 0 radical (unpaired) electrons. The highest BCUT2D eigenvalue weighted by atomic mass is 35.5. The van der Waals surface area contributed by atoms with Gasteiger partial charge < -0.3 is 10.1 Å². The van der Waals surface area contributed by atoms with Gasteiger partial charge in [-0.25, -0.2) is 0 Å². The molecule has 0 aliphatic carbocycles. The van der Waals surface area contributed by atoms with E-state index >= 15 is 0 Å². The molecule has 1 unspecified atom stereocenters. The second kappa shape index (κ2) is 8.30. The van der Waals surface area contributed by atoms with E-state index in [2.05, 4.69) is 58.7 Å². The first-order chi connectivity index (χ1) is 13.3. The third-order valence-electron chi connectivity index (χ3n) is 5.17. The average molecular weight is 381 g/mol. The first-order valence-electron chi connectivity index (χ1n) is 9.62. The third-order valence-corrected chi connectivity index (χ3v) is 5.41. The van der Waals surface area contributed by atoms with Crippen LogP contribution < -0.4 is 10.1 Å². The molecule has 1 heterocycles. The van der Waals surface area contributed by atoms with Crippen LogP contribution in [0.4, 0.5) is 0 Å². The van der Waals surface area contributed by atoms with Crippen LogP contribution in [0.2, 0.25) is 5.02 Å². The van der Waals surface area contributed by atoms with E-state index in [1.807, 2.05) is 19.1 Å². The van der Waals surface area contributed by atoms with Crippen molar-refractivity contribution in [2.75, 3.05) is 32.8 Å². The Balaban J connectivity index is 1.85. The highest BCUT2D eigenvalue weighted by molar-refractivity contribution is 6.30. The number of fused-ring (bicyclic) bond motifs is 1. The molecule has 0 aromatic heterocycles. The van der Waals surface area contributed by atoms with Crippen molar-refractivity contribution < 1.29 is 4.74 Å². The largest absolute Gasteiger partial charge is 0.494 e. The lowest BCUT2D eigenvalue weighted by molar-refractivity contribution is 0.194. The SMILES string of the molecule is CCOc1ccc(Cl)cc1C(c1ccc2ccccc2c1)N1CCNCC1. The van der Waals surface area contributed by atoms with Crippen molar-refractivity contribution >= 4 is 22.4 Å². The van der Waals surface area contributed by atoms with E-state index in [1.165, 1.54) is 16.3 Å². The van der Waals surface area contributed by atoms with Crippen LogP contribution in [0.3, 0.4) is 0 Å². The normalized spacial score (nSPS) is 16.4. The Hall–Kier alpha value is -2.07. The molecule has 1 aliphatic heterocycles. The molecule has 1 saturated heterocycles. The monoisotopic (exact) mass is 380 g/mol. The van der Waals surface area contributed by atoms with Gasteiger partial charge in [0.2, 0.25) is 0 Å². The van der Waals surface area contributed by atoms with Gasteiger partial charge in [0.15, 0.2) is 0 Å². The lowest BCUT2D eigenvalue weighted by atomic mass is 9.93. The van der Waals surface area contributed by atoms with Gasteiger partial charge in [-0.15, -0.1) is 0 Å². The average Bonchev–Trinajstić information content (AvgIpc) is 2.71. The summed E-state index contributed by atoms with van der Waals surface area (Å²) in [5.74, 6) is 0.915. The van der Waals surface area contributed by atoms with Crippen LogP contribution in [0.5, 0.6) is 5.75 Å². The van der Waals surface area contributed by atoms with E-state index in [0.29, 0.717) is 6.61 Å². The summed E-state index contributed by atoms with van der Waals surface area (Å²) < 4.78 is 5.97. The molecular formula is C23H25ClN2O. The predicted octanol–water partition coefficient (Wildman–Crippen LogP) is 4.89. The molecule has 1 atom stereocenters. The van der Waals surface area contributed by atoms with E-state index in [0.717, 1.165) is 42.5 Å². The lowest BCUT2D eigenvalue weighted by Gasteiger charge is -2.36. The van der Waals surface area contributed by atoms with E-state index in [1.54, 1.807) is 0 Å². The molecule has 4 heteroatoms. The minimum absolute atomic E-state index is 0.122. The topological polar surface area (TPSA) is 24.5 Å². The van der Waals surface area contributed by atoms with Crippen molar-refractivity contribution in [2.24, 2.45) is 0 Å². The standard InChI is InChI=1S/C23H25ClN2O/c1-2-27-22-10-9-20(24)16-21(22)23(26-13-11-25-12-14-26)19-8-7-17-5-3-4-6-18(17)15-19/h3-10,15-16,23,25H,2,11-14H2,1H3. The summed E-state index contributed by atoms with van der Waals surface area (Å²) in [6, 6.07) is 21.4. The van der Waals surface area contributed by atoms with Crippen molar-refractivity contribution in [3.63, 3.8) is 0 Å². The molecule has 0 saturated carbocycles. The predicted molar refractivity (Wildman–Crippen MR) is 113 cm³/mol. The number of nitrogens with zero attached hydrogens (tertiary/aromatic N) is 1. The van der Waals surface area contributed by atoms with Gasteiger partial charge in [0.05, 0.1) is 12.6 Å². The van der Waals surface area contributed by atoms with E-state index in [9.17, 15) is 0 Å². The van der Waals surface area contributed by atoms with E-state index < -0.39 is 0 Å². The van der Waals surface area contributed by atoms with Gasteiger partial charge >= 0.3 is 0 Å². The summed E-state index contributed by atoms with van der Waals surface area (Å²) in [6.07, 6.45) is 0. The van der Waals surface area contributed by atoms with Crippen molar-refractivity contribution in [1.29, 1.82) is 0 Å². The molecule has 27 heavy (non-hydrogen) atoms. The van der Waals surface area contributed by atoms with Crippen molar-refractivity contribution in [3.8, 4) is 5.75 Å². The first kappa shape index (κ1) is 18.3. The Morgan fingerprint density at radius 3 is 2.56 bits per heavy atom. The minimum Gasteiger partial charge on any atom is -0.494 e. The molecule has 0 bridgehead atoms. The molecule has 140 valence electrons. The van der Waals surface area contributed by atoms with Gasteiger partial charge in [-0.05, 0) is 47.5 Å². The van der Waals surface area contributed by atoms with Crippen LogP contribution in [0.1, 0.15) is 24.1 Å². The fraction of sp³-hybridized carbons (Fsp3) is 0.304. The Morgan fingerprint density at radius 1 is 1.00 bits per heavy atom. The number of halogens is 1. The number of rotatable bonds is 5. The zero-order valence-corrected chi connectivity index (χ0v) is 16.4. The Labute approximate surface area is 165 Å². The van der Waals surface area contributed by atoms with Gasteiger partial charge in [-0.3, -0.25) is 4.90 Å². The number of nitrogens with one attached hydrogen (secondary N) is 1. The van der Waals surface area contributed by atoms with Gasteiger partial charge in [0.1, 0.15) is 5.75 Å². The summed E-state index contributed by atoms with van der Waals surface area (Å²) in [5.41, 5.74) is 2.42. The van der Waals surface area contributed by atoms with E-state index in [-0.39, 0.29) is 6.04 Å². The second-order valence-corrected chi connectivity index (χ2v) is 7.35. The molecule has 1 N–H and O–H groups in total. The maximum absolute atomic E-state index is 6.40. The molecule has 1 fully saturated rings. The zero-order chi connectivity index (χ0) is 18.6. The number of ether oxygens (including phenoxy) is 1. The Morgan fingerprint density at radius 2 is 1.78 bits per heavy atom. The van der Waals surface area contributed by atoms with Crippen LogP contribution in [0.25, 0.3) is 10.8 Å². The molecule has 3 aromatic carbocycles. The molecule has 4 rings (SSSR count). The fourth-order valence-corrected chi connectivity index (χ4v) is 4.11. The van der Waals surface area contributed by atoms with Crippen LogP contribution >= 0.6 is 11.6 Å². The van der Waals surface area contributed by atoms with Gasteiger partial charge in [-0.2, -0.15) is 0 Å². The number of hydrogen-bond donors (Lipinski definition) is 1. The van der Waals surface area contributed by atoms with Gasteiger partial charge in [-0.1, -0.05) is 48.0 Å². The quantitative estimate of drug-likeness (QED) is 0.682. The Kier molecular flexibility index (Phi) is 5.63. The molecule has 1 aliphatic rings. The summed E-state index contributed by atoms with van der Waals surface area (Å²) in [5, 5.41) is 6.72. The smallest absolute Gasteiger partial charge is 0.124 e. The van der Waals surface area contributed by atoms with Gasteiger partial charge in [0.25, 0.3) is 0 Å². The van der Waals surface area contributed by atoms with Crippen molar-refractivity contribution in [2.45, 2.75) is 13.0 Å². The summed E-state index contributed by atoms with van der Waals surface area (Å²) >= 11 is 6.40. The Bertz CT molecular complexity index is 921. The third kappa shape index (κ3) is 3.96. The molecule has 3 aromatic rings. The molecule has 3 nitrogen and oxygen atoms in total. The number of piperazine rings is 1. The highest BCUT2D eigenvalue weighted by Crippen LogP contribution is 2.37. The van der Waals surface area contributed by atoms with E-state index in [4.69, 9.17) is 16.3 Å². The van der Waals surface area contributed by atoms with Crippen molar-refractivity contribution in [1.82, 2.24) is 10.2 Å². The van der Waals surface area contributed by atoms with Crippen LogP contribution in [-0.4, -0.2) is 37.7 Å². The van der Waals surface area contributed by atoms with Crippen LogP contribution in [0.15, 0.2) is 60.7 Å². The zero-order valence-electron chi connectivity index (χ0n) is 15.6. The number of hydrogen-bond acceptors (Lipinski definition) is 3.